The number of H-pyrrole nitrogens is 1. The van der Waals surface area contributed by atoms with Gasteiger partial charge < -0.3 is 15.2 Å². The van der Waals surface area contributed by atoms with E-state index in [4.69, 9.17) is 0 Å². The molecule has 5 heteroatoms. The third-order valence-electron chi connectivity index (χ3n) is 3.69. The molecule has 2 N–H and O–H groups in total. The van der Waals surface area contributed by atoms with Gasteiger partial charge in [-0.15, -0.1) is 0 Å². The molecular weight excluding hydrogens is 216 g/mol. The van der Waals surface area contributed by atoms with Gasteiger partial charge >= 0.3 is 0 Å². The van der Waals surface area contributed by atoms with Crippen LogP contribution in [0, 0.1) is 6.92 Å². The van der Waals surface area contributed by atoms with Crippen molar-refractivity contribution in [3.8, 4) is 0 Å². The van der Waals surface area contributed by atoms with E-state index < -0.39 is 0 Å². The van der Waals surface area contributed by atoms with Gasteiger partial charge in [0.2, 0.25) is 0 Å². The van der Waals surface area contributed by atoms with Crippen LogP contribution in [-0.4, -0.2) is 35.1 Å². The number of aromatic amines is 1. The molecule has 2 bridgehead atoms. The zero-order valence-electron chi connectivity index (χ0n) is 10.1. The van der Waals surface area contributed by atoms with Crippen LogP contribution < -0.4 is 15.8 Å². The first-order valence-electron chi connectivity index (χ1n) is 6.30. The van der Waals surface area contributed by atoms with Crippen LogP contribution in [0.3, 0.4) is 0 Å². The number of hydrogen-bond donors (Lipinski definition) is 2. The molecule has 0 radical (unpaired) electrons. The van der Waals surface area contributed by atoms with Crippen molar-refractivity contribution in [2.75, 3.05) is 18.0 Å². The van der Waals surface area contributed by atoms with E-state index in [1.807, 2.05) is 6.92 Å². The molecule has 1 aromatic heterocycles. The fourth-order valence-corrected chi connectivity index (χ4v) is 2.88. The summed E-state index contributed by atoms with van der Waals surface area (Å²) >= 11 is 0. The quantitative estimate of drug-likeness (QED) is 0.739. The van der Waals surface area contributed by atoms with Crippen molar-refractivity contribution in [1.29, 1.82) is 0 Å². The van der Waals surface area contributed by atoms with E-state index in [1.54, 1.807) is 6.07 Å². The molecule has 0 aromatic carbocycles. The molecule has 2 atom stereocenters. The second kappa shape index (κ2) is 4.14. The molecule has 1 aromatic rings. The standard InChI is InChI=1S/C12H18N4O/c1-8-13-11(6-12(17)14-8)16-5-4-9-2-3-10(7-16)15-9/h6,9-10,15H,2-5,7H2,1H3,(H,13,14,17). The Labute approximate surface area is 100 Å². The molecule has 0 saturated carbocycles. The summed E-state index contributed by atoms with van der Waals surface area (Å²) in [6, 6.07) is 2.82. The van der Waals surface area contributed by atoms with Gasteiger partial charge in [0.05, 0.1) is 0 Å². The van der Waals surface area contributed by atoms with E-state index >= 15 is 0 Å². The van der Waals surface area contributed by atoms with Crippen LogP contribution in [0.1, 0.15) is 25.1 Å². The van der Waals surface area contributed by atoms with Crippen molar-refractivity contribution in [2.45, 2.75) is 38.3 Å². The minimum Gasteiger partial charge on any atom is -0.355 e. The Kier molecular flexibility index (Phi) is 2.63. The first kappa shape index (κ1) is 10.8. The largest absolute Gasteiger partial charge is 0.355 e. The maximum atomic E-state index is 11.5. The van der Waals surface area contributed by atoms with Gasteiger partial charge in [-0.1, -0.05) is 0 Å². The topological polar surface area (TPSA) is 61.0 Å². The predicted octanol–water partition coefficient (Wildman–Crippen LogP) is 0.409. The number of hydrogen-bond acceptors (Lipinski definition) is 4. The van der Waals surface area contributed by atoms with Crippen LogP contribution >= 0.6 is 0 Å². The molecule has 0 aliphatic carbocycles. The van der Waals surface area contributed by atoms with E-state index in [0.717, 1.165) is 25.3 Å². The lowest BCUT2D eigenvalue weighted by atomic mass is 10.1. The summed E-state index contributed by atoms with van der Waals surface area (Å²) in [6.07, 6.45) is 3.67. The Morgan fingerprint density at radius 3 is 3.00 bits per heavy atom. The first-order valence-corrected chi connectivity index (χ1v) is 6.30. The van der Waals surface area contributed by atoms with Crippen LogP contribution in [0.5, 0.6) is 0 Å². The maximum Gasteiger partial charge on any atom is 0.252 e. The molecule has 0 amide bonds. The van der Waals surface area contributed by atoms with Crippen molar-refractivity contribution >= 4 is 5.82 Å². The van der Waals surface area contributed by atoms with E-state index in [1.165, 1.54) is 12.8 Å². The number of aromatic nitrogens is 2. The minimum absolute atomic E-state index is 0.0603. The van der Waals surface area contributed by atoms with E-state index in [-0.39, 0.29) is 5.56 Å². The van der Waals surface area contributed by atoms with Gasteiger partial charge in [0.1, 0.15) is 11.6 Å². The number of nitrogens with zero attached hydrogens (tertiary/aromatic N) is 2. The van der Waals surface area contributed by atoms with Gasteiger partial charge in [0.25, 0.3) is 5.56 Å². The fraction of sp³-hybridized carbons (Fsp3) is 0.667. The lowest BCUT2D eigenvalue weighted by Crippen LogP contribution is -2.36. The summed E-state index contributed by atoms with van der Waals surface area (Å²) in [7, 11) is 0. The Morgan fingerprint density at radius 1 is 1.35 bits per heavy atom. The van der Waals surface area contributed by atoms with Crippen molar-refractivity contribution in [3.05, 3.63) is 22.2 Å². The number of rotatable bonds is 1. The normalized spacial score (nSPS) is 28.2. The van der Waals surface area contributed by atoms with Crippen molar-refractivity contribution in [2.24, 2.45) is 0 Å². The summed E-state index contributed by atoms with van der Waals surface area (Å²) in [4.78, 5) is 20.8. The monoisotopic (exact) mass is 234 g/mol. The van der Waals surface area contributed by atoms with Crippen LogP contribution in [0.25, 0.3) is 0 Å². The highest BCUT2D eigenvalue weighted by Gasteiger charge is 2.29. The molecule has 17 heavy (non-hydrogen) atoms. The average Bonchev–Trinajstić information content (AvgIpc) is 2.56. The lowest BCUT2D eigenvalue weighted by molar-refractivity contribution is 0.563. The molecule has 2 unspecified atom stereocenters. The summed E-state index contributed by atoms with van der Waals surface area (Å²) in [5.74, 6) is 1.51. The van der Waals surface area contributed by atoms with Crippen LogP contribution in [0.2, 0.25) is 0 Å². The van der Waals surface area contributed by atoms with Gasteiger partial charge in [0.15, 0.2) is 0 Å². The third-order valence-corrected chi connectivity index (χ3v) is 3.69. The number of aryl methyl sites for hydroxylation is 1. The van der Waals surface area contributed by atoms with Gasteiger partial charge in [-0.05, 0) is 26.2 Å². The zero-order chi connectivity index (χ0) is 11.8. The SMILES string of the molecule is Cc1nc(N2CCC3CCC(C2)N3)cc(=O)[nH]1. The molecule has 3 heterocycles. The smallest absolute Gasteiger partial charge is 0.252 e. The predicted molar refractivity (Wildman–Crippen MR) is 66.4 cm³/mol. The second-order valence-electron chi connectivity index (χ2n) is 5.06. The molecule has 2 fully saturated rings. The summed E-state index contributed by atoms with van der Waals surface area (Å²) in [5, 5.41) is 3.63. The zero-order valence-corrected chi connectivity index (χ0v) is 10.1. The second-order valence-corrected chi connectivity index (χ2v) is 5.06. The fourth-order valence-electron chi connectivity index (χ4n) is 2.88. The molecule has 2 saturated heterocycles. The lowest BCUT2D eigenvalue weighted by Gasteiger charge is -2.25. The van der Waals surface area contributed by atoms with Crippen LogP contribution in [-0.2, 0) is 0 Å². The Morgan fingerprint density at radius 2 is 2.18 bits per heavy atom. The summed E-state index contributed by atoms with van der Waals surface area (Å²) < 4.78 is 0. The number of anilines is 1. The van der Waals surface area contributed by atoms with Crippen LogP contribution in [0.15, 0.2) is 10.9 Å². The van der Waals surface area contributed by atoms with Gasteiger partial charge in [0, 0.05) is 31.2 Å². The Bertz CT molecular complexity index is 470. The minimum atomic E-state index is -0.0603. The molecule has 3 rings (SSSR count). The summed E-state index contributed by atoms with van der Waals surface area (Å²) in [5.41, 5.74) is -0.0603. The van der Waals surface area contributed by atoms with E-state index in [0.29, 0.717) is 17.9 Å². The molecule has 2 aliphatic heterocycles. The van der Waals surface area contributed by atoms with Crippen molar-refractivity contribution in [3.63, 3.8) is 0 Å². The van der Waals surface area contributed by atoms with Gasteiger partial charge in [-0.3, -0.25) is 4.79 Å². The highest BCUT2D eigenvalue weighted by atomic mass is 16.1. The van der Waals surface area contributed by atoms with Gasteiger partial charge in [-0.2, -0.15) is 0 Å². The van der Waals surface area contributed by atoms with E-state index in [2.05, 4.69) is 20.2 Å². The molecule has 2 aliphatic rings. The highest BCUT2D eigenvalue weighted by molar-refractivity contribution is 5.38. The van der Waals surface area contributed by atoms with Crippen molar-refractivity contribution < 1.29 is 0 Å². The Balaban J connectivity index is 1.85. The van der Waals surface area contributed by atoms with Gasteiger partial charge in [-0.25, -0.2) is 4.98 Å². The highest BCUT2D eigenvalue weighted by Crippen LogP contribution is 2.22. The Hall–Kier alpha value is -1.36. The summed E-state index contributed by atoms with van der Waals surface area (Å²) in [6.45, 7) is 3.78. The number of fused-ring (bicyclic) bond motifs is 2. The van der Waals surface area contributed by atoms with E-state index in [9.17, 15) is 4.79 Å². The third kappa shape index (κ3) is 2.20. The van der Waals surface area contributed by atoms with Crippen LogP contribution in [0.4, 0.5) is 5.82 Å². The molecular formula is C12H18N4O. The molecule has 0 spiro atoms. The average molecular weight is 234 g/mol. The maximum absolute atomic E-state index is 11.5. The molecule has 92 valence electrons. The molecule has 5 nitrogen and oxygen atoms in total. The number of nitrogens with one attached hydrogen (secondary N) is 2. The van der Waals surface area contributed by atoms with Crippen molar-refractivity contribution in [1.82, 2.24) is 15.3 Å². The first-order chi connectivity index (χ1) is 8.20.